The summed E-state index contributed by atoms with van der Waals surface area (Å²) in [6.07, 6.45) is 1.38. The Morgan fingerprint density at radius 2 is 1.86 bits per heavy atom. The van der Waals surface area contributed by atoms with Gasteiger partial charge >= 0.3 is 6.03 Å². The van der Waals surface area contributed by atoms with Crippen LogP contribution in [-0.4, -0.2) is 54.8 Å². The Bertz CT molecular complexity index is 1210. The van der Waals surface area contributed by atoms with E-state index in [0.717, 1.165) is 23.0 Å². The van der Waals surface area contributed by atoms with Gasteiger partial charge in [0, 0.05) is 19.6 Å². The van der Waals surface area contributed by atoms with Crippen LogP contribution in [-0.2, 0) is 17.8 Å². The van der Waals surface area contributed by atoms with Gasteiger partial charge in [0.05, 0.1) is 25.3 Å². The summed E-state index contributed by atoms with van der Waals surface area (Å²) in [5, 5.41) is 5.95. The number of anilines is 1. The van der Waals surface area contributed by atoms with E-state index in [2.05, 4.69) is 15.6 Å². The number of rotatable bonds is 9. The monoisotopic (exact) mass is 479 g/mol. The third-order valence-corrected chi connectivity index (χ3v) is 6.60. The van der Waals surface area contributed by atoms with Gasteiger partial charge in [0.25, 0.3) is 0 Å². The summed E-state index contributed by atoms with van der Waals surface area (Å²) in [5.74, 6) is 1.70. The molecular weight excluding hydrogens is 446 g/mol. The minimum atomic E-state index is -0.642. The molecule has 186 valence electrons. The molecule has 2 heterocycles. The maximum absolute atomic E-state index is 13.2. The lowest BCUT2D eigenvalue weighted by Crippen LogP contribution is -2.54. The first-order valence-corrected chi connectivity index (χ1v) is 12.0. The van der Waals surface area contributed by atoms with Gasteiger partial charge in [0.15, 0.2) is 11.5 Å². The zero-order valence-corrected chi connectivity index (χ0v) is 20.7. The van der Waals surface area contributed by atoms with Gasteiger partial charge in [-0.25, -0.2) is 9.78 Å². The Kier molecular flexibility index (Phi) is 7.43. The summed E-state index contributed by atoms with van der Waals surface area (Å²) in [6.45, 7) is 5.62. The molecule has 0 spiro atoms. The molecule has 4 rings (SSSR count). The van der Waals surface area contributed by atoms with Gasteiger partial charge in [0.2, 0.25) is 11.9 Å². The average Bonchev–Trinajstić information content (AvgIpc) is 3.46. The number of benzene rings is 2. The number of ether oxygens (including phenoxy) is 2. The smallest absolute Gasteiger partial charge is 0.324 e. The number of methoxy groups -OCH3 is 2. The number of nitrogens with one attached hydrogen (secondary N) is 2. The molecule has 2 atom stereocenters. The number of imidazole rings is 1. The van der Waals surface area contributed by atoms with E-state index in [0.29, 0.717) is 43.5 Å². The molecule has 35 heavy (non-hydrogen) atoms. The number of carbonyl (C=O) groups excluding carboxylic acids is 2. The van der Waals surface area contributed by atoms with Crippen molar-refractivity contribution in [1.82, 2.24) is 20.2 Å². The van der Waals surface area contributed by atoms with Crippen LogP contribution in [0.25, 0.3) is 11.0 Å². The lowest BCUT2D eigenvalue weighted by atomic mass is 9.98. The van der Waals surface area contributed by atoms with Gasteiger partial charge in [-0.3, -0.25) is 9.69 Å². The molecule has 3 amide bonds. The molecule has 1 aliphatic heterocycles. The molecule has 0 fully saturated rings. The van der Waals surface area contributed by atoms with Gasteiger partial charge in [-0.05, 0) is 42.2 Å². The summed E-state index contributed by atoms with van der Waals surface area (Å²) >= 11 is 0. The van der Waals surface area contributed by atoms with Gasteiger partial charge in [-0.15, -0.1) is 0 Å². The number of amides is 3. The van der Waals surface area contributed by atoms with Crippen LogP contribution >= 0.6 is 0 Å². The number of urea groups is 1. The third-order valence-electron chi connectivity index (χ3n) is 6.60. The van der Waals surface area contributed by atoms with Crippen LogP contribution in [0.4, 0.5) is 10.7 Å². The molecule has 1 aliphatic rings. The Hall–Kier alpha value is -3.75. The van der Waals surface area contributed by atoms with E-state index in [1.807, 2.05) is 60.9 Å². The molecule has 9 nitrogen and oxygen atoms in total. The molecule has 0 bridgehead atoms. The van der Waals surface area contributed by atoms with Crippen LogP contribution in [0.3, 0.4) is 0 Å². The van der Waals surface area contributed by atoms with Crippen molar-refractivity contribution in [3.63, 3.8) is 0 Å². The Balaban J connectivity index is 1.40. The van der Waals surface area contributed by atoms with E-state index in [1.165, 1.54) is 0 Å². The number of fused-ring (bicyclic) bond motifs is 3. The van der Waals surface area contributed by atoms with Gasteiger partial charge in [-0.2, -0.15) is 0 Å². The van der Waals surface area contributed by atoms with Crippen molar-refractivity contribution >= 4 is 28.9 Å². The summed E-state index contributed by atoms with van der Waals surface area (Å²) in [6, 6.07) is 12.6. The van der Waals surface area contributed by atoms with Crippen LogP contribution in [0.5, 0.6) is 11.5 Å². The number of nitrogens with zero attached hydrogens (tertiary/aromatic N) is 3. The second-order valence-corrected chi connectivity index (χ2v) is 8.75. The van der Waals surface area contributed by atoms with Crippen LogP contribution < -0.4 is 25.0 Å². The largest absolute Gasteiger partial charge is 0.493 e. The van der Waals surface area contributed by atoms with Crippen molar-refractivity contribution in [1.29, 1.82) is 0 Å². The zero-order valence-electron chi connectivity index (χ0n) is 20.7. The number of para-hydroxylation sites is 2. The SMILES string of the molecule is CC[C@H](C)[C@H](NC(=O)N1CCn2c1nc1ccccc12)C(=O)NCCc1ccc(OC)c(OC)c1. The number of hydrogen-bond acceptors (Lipinski definition) is 5. The average molecular weight is 480 g/mol. The van der Waals surface area contributed by atoms with Crippen molar-refractivity contribution in [2.75, 3.05) is 32.2 Å². The molecular formula is C26H33N5O4. The molecule has 3 aromatic rings. The highest BCUT2D eigenvalue weighted by atomic mass is 16.5. The Morgan fingerprint density at radius 1 is 1.09 bits per heavy atom. The normalized spacial score (nSPS) is 14.3. The highest BCUT2D eigenvalue weighted by Gasteiger charge is 2.32. The highest BCUT2D eigenvalue weighted by molar-refractivity contribution is 5.96. The van der Waals surface area contributed by atoms with Crippen molar-refractivity contribution in [2.24, 2.45) is 5.92 Å². The minimum Gasteiger partial charge on any atom is -0.493 e. The lowest BCUT2D eigenvalue weighted by molar-refractivity contribution is -0.124. The minimum absolute atomic E-state index is 0.0264. The Morgan fingerprint density at radius 3 is 2.60 bits per heavy atom. The molecule has 2 aromatic carbocycles. The molecule has 9 heteroatoms. The number of aromatic nitrogens is 2. The van der Waals surface area contributed by atoms with E-state index in [-0.39, 0.29) is 17.9 Å². The van der Waals surface area contributed by atoms with E-state index in [4.69, 9.17) is 9.47 Å². The first-order valence-electron chi connectivity index (χ1n) is 12.0. The van der Waals surface area contributed by atoms with Crippen molar-refractivity contribution < 1.29 is 19.1 Å². The van der Waals surface area contributed by atoms with E-state index in [1.54, 1.807) is 19.1 Å². The van der Waals surface area contributed by atoms with Crippen LogP contribution in [0.1, 0.15) is 25.8 Å². The second kappa shape index (κ2) is 10.7. The summed E-state index contributed by atoms with van der Waals surface area (Å²) in [4.78, 5) is 32.5. The summed E-state index contributed by atoms with van der Waals surface area (Å²) < 4.78 is 12.7. The van der Waals surface area contributed by atoms with E-state index < -0.39 is 6.04 Å². The van der Waals surface area contributed by atoms with Crippen LogP contribution in [0.2, 0.25) is 0 Å². The molecule has 0 saturated carbocycles. The predicted molar refractivity (Wildman–Crippen MR) is 135 cm³/mol. The predicted octanol–water partition coefficient (Wildman–Crippen LogP) is 3.36. The maximum Gasteiger partial charge on any atom is 0.324 e. The molecule has 0 saturated heterocycles. The van der Waals surface area contributed by atoms with Crippen molar-refractivity contribution in [3.8, 4) is 11.5 Å². The number of hydrogen-bond donors (Lipinski definition) is 2. The summed E-state index contributed by atoms with van der Waals surface area (Å²) in [7, 11) is 3.19. The molecule has 1 aromatic heterocycles. The first kappa shape index (κ1) is 24.4. The quantitative estimate of drug-likeness (QED) is 0.491. The van der Waals surface area contributed by atoms with Gasteiger partial charge in [-0.1, -0.05) is 38.5 Å². The second-order valence-electron chi connectivity index (χ2n) is 8.75. The zero-order chi connectivity index (χ0) is 24.9. The van der Waals surface area contributed by atoms with Gasteiger partial charge < -0.3 is 24.7 Å². The fraction of sp³-hybridized carbons (Fsp3) is 0.423. The summed E-state index contributed by atoms with van der Waals surface area (Å²) in [5.41, 5.74) is 2.87. The maximum atomic E-state index is 13.2. The van der Waals surface area contributed by atoms with E-state index in [9.17, 15) is 9.59 Å². The van der Waals surface area contributed by atoms with E-state index >= 15 is 0 Å². The van der Waals surface area contributed by atoms with Gasteiger partial charge in [0.1, 0.15) is 6.04 Å². The fourth-order valence-electron chi connectivity index (χ4n) is 4.37. The fourth-order valence-corrected chi connectivity index (χ4v) is 4.37. The Labute approximate surface area is 205 Å². The molecule has 0 radical (unpaired) electrons. The molecule has 0 aliphatic carbocycles. The highest BCUT2D eigenvalue weighted by Crippen LogP contribution is 2.28. The third kappa shape index (κ3) is 5.03. The standard InChI is InChI=1S/C26H33N5O4/c1-5-17(2)23(24(32)27-13-12-18-10-11-21(34-3)22(16-18)35-4)29-26(33)31-15-14-30-20-9-7-6-8-19(20)28-25(30)31/h6-11,16-17,23H,5,12-15H2,1-4H3,(H,27,32)(H,29,33)/t17-,23-/m0/s1. The lowest BCUT2D eigenvalue weighted by Gasteiger charge is -2.26. The molecule has 2 N–H and O–H groups in total. The number of carbonyl (C=O) groups is 2. The topological polar surface area (TPSA) is 97.7 Å². The van der Waals surface area contributed by atoms with Crippen LogP contribution in [0, 0.1) is 5.92 Å². The van der Waals surface area contributed by atoms with Crippen LogP contribution in [0.15, 0.2) is 42.5 Å². The first-order chi connectivity index (χ1) is 17.0. The molecule has 0 unspecified atom stereocenters. The van der Waals surface area contributed by atoms with Crippen molar-refractivity contribution in [2.45, 2.75) is 39.3 Å². The van der Waals surface area contributed by atoms with Crippen molar-refractivity contribution in [3.05, 3.63) is 48.0 Å².